The third kappa shape index (κ3) is 3.89. The number of rotatable bonds is 6. The summed E-state index contributed by atoms with van der Waals surface area (Å²) in [5.41, 5.74) is 15.3. The van der Waals surface area contributed by atoms with E-state index in [1.165, 1.54) is 6.20 Å². The fourth-order valence-electron chi connectivity index (χ4n) is 2.33. The van der Waals surface area contributed by atoms with Crippen LogP contribution in [0.15, 0.2) is 48.5 Å². The largest absolute Gasteiger partial charge is 0.404 e. The Bertz CT molecular complexity index is 862. The average Bonchev–Trinajstić information content (AvgIpc) is 3.03. The summed E-state index contributed by atoms with van der Waals surface area (Å²) in [6, 6.07) is 3.73. The second-order valence-electron chi connectivity index (χ2n) is 5.73. The molecule has 25 heavy (non-hydrogen) atoms. The van der Waals surface area contributed by atoms with Gasteiger partial charge in [-0.15, -0.1) is 0 Å². The van der Waals surface area contributed by atoms with E-state index in [-0.39, 0.29) is 17.6 Å². The molecule has 0 aromatic carbocycles. The maximum atomic E-state index is 12.3. The fraction of sp³-hybridized carbons (Fsp3) is 0.222. The first-order valence-corrected chi connectivity index (χ1v) is 7.89. The highest BCUT2D eigenvalue weighted by Crippen LogP contribution is 2.22. The number of aromatic nitrogens is 2. The van der Waals surface area contributed by atoms with Gasteiger partial charge >= 0.3 is 0 Å². The third-order valence-corrected chi connectivity index (χ3v) is 4.19. The van der Waals surface area contributed by atoms with Gasteiger partial charge in [-0.1, -0.05) is 12.7 Å². The van der Waals surface area contributed by atoms with Gasteiger partial charge in [0.25, 0.3) is 5.91 Å². The topological polar surface area (TPSA) is 122 Å². The molecule has 0 fully saturated rings. The summed E-state index contributed by atoms with van der Waals surface area (Å²) < 4.78 is 0. The number of hydrogen-bond acceptors (Lipinski definition) is 5. The number of allylic oxidation sites excluding steroid dienone is 2. The standard InChI is InChI=1S/C18H24N6O/c1-5-12(8-19)15-7-13-6-14(9-22-17(13)24-15)23-18(25)16(20)10(2)11(3)21-4/h5-9,11,21H,1,19-20H2,2-4H3,(H,22,24)(H,23,25)/b12-8+,16-10-. The first-order valence-electron chi connectivity index (χ1n) is 7.89. The normalized spacial score (nSPS) is 14.1. The molecule has 2 aromatic rings. The SMILES string of the molecule is C=C/C(=C\N)c1cc2cc(NC(=O)/C(N)=C(\C)C(C)NC)cnc2[nH]1. The molecule has 1 unspecified atom stereocenters. The predicted molar refractivity (Wildman–Crippen MR) is 102 cm³/mol. The van der Waals surface area contributed by atoms with E-state index in [9.17, 15) is 4.79 Å². The van der Waals surface area contributed by atoms with E-state index in [1.54, 1.807) is 12.3 Å². The maximum absolute atomic E-state index is 12.3. The van der Waals surface area contributed by atoms with Crippen LogP contribution in [0.5, 0.6) is 0 Å². The van der Waals surface area contributed by atoms with Crippen LogP contribution in [0.3, 0.4) is 0 Å². The van der Waals surface area contributed by atoms with Crippen molar-refractivity contribution in [2.75, 3.05) is 12.4 Å². The smallest absolute Gasteiger partial charge is 0.271 e. The quantitative estimate of drug-likeness (QED) is 0.406. The lowest BCUT2D eigenvalue weighted by Gasteiger charge is -2.14. The van der Waals surface area contributed by atoms with Crippen molar-refractivity contribution in [3.8, 4) is 0 Å². The van der Waals surface area contributed by atoms with Gasteiger partial charge in [-0.25, -0.2) is 4.98 Å². The van der Waals surface area contributed by atoms with Gasteiger partial charge in [0.15, 0.2) is 0 Å². The van der Waals surface area contributed by atoms with Crippen LogP contribution in [0.4, 0.5) is 5.69 Å². The summed E-state index contributed by atoms with van der Waals surface area (Å²) in [7, 11) is 1.81. The molecule has 2 rings (SSSR count). The summed E-state index contributed by atoms with van der Waals surface area (Å²) in [6.45, 7) is 7.48. The molecular formula is C18H24N6O. The van der Waals surface area contributed by atoms with Gasteiger partial charge in [-0.05, 0) is 38.6 Å². The summed E-state index contributed by atoms with van der Waals surface area (Å²) in [4.78, 5) is 19.8. The molecule has 7 heteroatoms. The van der Waals surface area contributed by atoms with Crippen LogP contribution in [0.25, 0.3) is 16.6 Å². The number of H-pyrrole nitrogens is 1. The molecule has 0 aliphatic carbocycles. The highest BCUT2D eigenvalue weighted by atomic mass is 16.2. The molecule has 0 aliphatic rings. The molecule has 2 aromatic heterocycles. The van der Waals surface area contributed by atoms with E-state index in [0.29, 0.717) is 11.3 Å². The van der Waals surface area contributed by atoms with E-state index >= 15 is 0 Å². The fourth-order valence-corrected chi connectivity index (χ4v) is 2.33. The van der Waals surface area contributed by atoms with Crippen LogP contribution < -0.4 is 22.1 Å². The number of anilines is 1. The summed E-state index contributed by atoms with van der Waals surface area (Å²) >= 11 is 0. The van der Waals surface area contributed by atoms with Crippen LogP contribution >= 0.6 is 0 Å². The number of carbonyl (C=O) groups excluding carboxylic acids is 1. The molecule has 2 heterocycles. The Hall–Kier alpha value is -3.06. The van der Waals surface area contributed by atoms with Gasteiger partial charge in [0.1, 0.15) is 5.65 Å². The Morgan fingerprint density at radius 1 is 1.44 bits per heavy atom. The number of nitrogens with one attached hydrogen (secondary N) is 3. The van der Waals surface area contributed by atoms with E-state index < -0.39 is 0 Å². The van der Waals surface area contributed by atoms with Gasteiger partial charge in [-0.2, -0.15) is 0 Å². The van der Waals surface area contributed by atoms with Gasteiger partial charge in [-0.3, -0.25) is 4.79 Å². The zero-order chi connectivity index (χ0) is 18.6. The Morgan fingerprint density at radius 3 is 2.76 bits per heavy atom. The van der Waals surface area contributed by atoms with Gasteiger partial charge in [0.2, 0.25) is 0 Å². The van der Waals surface area contributed by atoms with Crippen molar-refractivity contribution < 1.29 is 4.79 Å². The van der Waals surface area contributed by atoms with E-state index in [2.05, 4.69) is 27.2 Å². The Morgan fingerprint density at radius 2 is 2.16 bits per heavy atom. The Balaban J connectivity index is 2.27. The van der Waals surface area contributed by atoms with E-state index in [4.69, 9.17) is 11.5 Å². The van der Waals surface area contributed by atoms with Crippen LogP contribution in [0.2, 0.25) is 0 Å². The number of aromatic amines is 1. The molecule has 0 radical (unpaired) electrons. The number of fused-ring (bicyclic) bond motifs is 1. The highest BCUT2D eigenvalue weighted by molar-refractivity contribution is 6.04. The van der Waals surface area contributed by atoms with Crippen molar-refractivity contribution in [2.24, 2.45) is 11.5 Å². The molecular weight excluding hydrogens is 316 g/mol. The van der Waals surface area contributed by atoms with E-state index in [0.717, 1.165) is 22.2 Å². The first kappa shape index (κ1) is 18.3. The number of amides is 1. The number of pyridine rings is 1. The van der Waals surface area contributed by atoms with Gasteiger partial charge in [0.05, 0.1) is 17.6 Å². The number of hydrogen-bond donors (Lipinski definition) is 5. The average molecular weight is 340 g/mol. The second-order valence-corrected chi connectivity index (χ2v) is 5.73. The minimum absolute atomic E-state index is 0.0129. The molecule has 0 bridgehead atoms. The lowest BCUT2D eigenvalue weighted by molar-refractivity contribution is -0.113. The zero-order valence-corrected chi connectivity index (χ0v) is 14.7. The number of carbonyl (C=O) groups is 1. The maximum Gasteiger partial charge on any atom is 0.271 e. The van der Waals surface area contributed by atoms with E-state index in [1.807, 2.05) is 33.0 Å². The molecule has 1 amide bonds. The molecule has 0 aliphatic heterocycles. The summed E-state index contributed by atoms with van der Waals surface area (Å²) in [5, 5.41) is 6.67. The van der Waals surface area contributed by atoms with Crippen molar-refractivity contribution in [3.63, 3.8) is 0 Å². The summed E-state index contributed by atoms with van der Waals surface area (Å²) in [5.74, 6) is -0.356. The second kappa shape index (κ2) is 7.67. The van der Waals surface area contributed by atoms with Crippen LogP contribution in [0, 0.1) is 0 Å². The van der Waals surface area contributed by atoms with Crippen molar-refractivity contribution >= 4 is 28.2 Å². The number of nitrogens with zero attached hydrogens (tertiary/aromatic N) is 1. The molecule has 0 saturated carbocycles. The lowest BCUT2D eigenvalue weighted by Crippen LogP contribution is -2.29. The number of likely N-dealkylation sites (N-methyl/N-ethyl adjacent to an activating group) is 1. The minimum atomic E-state index is -0.356. The molecule has 1 atom stereocenters. The zero-order valence-electron chi connectivity index (χ0n) is 14.7. The molecule has 7 N–H and O–H groups in total. The predicted octanol–water partition coefficient (Wildman–Crippen LogP) is 1.83. The highest BCUT2D eigenvalue weighted by Gasteiger charge is 2.14. The van der Waals surface area contributed by atoms with Crippen molar-refractivity contribution in [1.29, 1.82) is 0 Å². The summed E-state index contributed by atoms with van der Waals surface area (Å²) in [6.07, 6.45) is 4.70. The van der Waals surface area contributed by atoms with Crippen LogP contribution in [0.1, 0.15) is 19.5 Å². The van der Waals surface area contributed by atoms with Gasteiger partial charge < -0.3 is 27.1 Å². The first-order chi connectivity index (χ1) is 11.9. The Labute approximate surface area is 146 Å². The molecule has 132 valence electrons. The lowest BCUT2D eigenvalue weighted by atomic mass is 10.1. The molecule has 0 spiro atoms. The Kier molecular flexibility index (Phi) is 5.61. The minimum Gasteiger partial charge on any atom is -0.404 e. The number of nitrogens with two attached hydrogens (primary N) is 2. The molecule has 7 nitrogen and oxygen atoms in total. The van der Waals surface area contributed by atoms with Crippen LogP contribution in [-0.4, -0.2) is 29.0 Å². The monoisotopic (exact) mass is 340 g/mol. The van der Waals surface area contributed by atoms with Crippen molar-refractivity contribution in [1.82, 2.24) is 15.3 Å². The van der Waals surface area contributed by atoms with Crippen molar-refractivity contribution in [3.05, 3.63) is 54.1 Å². The van der Waals surface area contributed by atoms with Crippen LogP contribution in [-0.2, 0) is 4.79 Å². The third-order valence-electron chi connectivity index (χ3n) is 4.19. The van der Waals surface area contributed by atoms with Gasteiger partial charge in [0, 0.05) is 28.9 Å². The van der Waals surface area contributed by atoms with Crippen molar-refractivity contribution in [2.45, 2.75) is 19.9 Å². The molecule has 0 saturated heterocycles.